The van der Waals surface area contributed by atoms with Crippen molar-refractivity contribution in [2.24, 2.45) is 11.1 Å². The van der Waals surface area contributed by atoms with Crippen molar-refractivity contribution in [2.75, 3.05) is 12.3 Å². The van der Waals surface area contributed by atoms with Gasteiger partial charge in [0.15, 0.2) is 0 Å². The molecular weight excluding hydrogens is 290 g/mol. The van der Waals surface area contributed by atoms with E-state index in [0.29, 0.717) is 5.75 Å². The number of aromatic nitrogens is 1. The summed E-state index contributed by atoms with van der Waals surface area (Å²) in [5.41, 5.74) is 5.53. The highest BCUT2D eigenvalue weighted by Gasteiger charge is 2.54. The molecule has 7 heteroatoms. The van der Waals surface area contributed by atoms with E-state index < -0.39 is 17.4 Å². The second-order valence-electron chi connectivity index (χ2n) is 5.27. The van der Waals surface area contributed by atoms with Gasteiger partial charge in [-0.05, 0) is 17.7 Å². The molecule has 2 aliphatic rings. The largest absolute Gasteiger partial charge is 0.481 e. The number of carbonyl (C=O) groups excluding carboxylic acids is 1. The van der Waals surface area contributed by atoms with Crippen molar-refractivity contribution in [2.45, 2.75) is 11.4 Å². The van der Waals surface area contributed by atoms with Crippen molar-refractivity contribution < 1.29 is 14.7 Å². The summed E-state index contributed by atoms with van der Waals surface area (Å²) in [6, 6.07) is 3.11. The lowest BCUT2D eigenvalue weighted by Crippen LogP contribution is -2.71. The molecule has 3 heterocycles. The molecule has 0 aromatic carbocycles. The topological polar surface area (TPSA) is 96.5 Å². The number of aliphatic carboxylic acids is 1. The van der Waals surface area contributed by atoms with E-state index in [-0.39, 0.29) is 17.8 Å². The van der Waals surface area contributed by atoms with E-state index in [4.69, 9.17) is 5.73 Å². The third kappa shape index (κ3) is 2.32. The third-order valence-corrected chi connectivity index (χ3v) is 5.44. The number of hydrogen-bond acceptors (Lipinski definition) is 5. The zero-order chi connectivity index (χ0) is 15.0. The van der Waals surface area contributed by atoms with Crippen LogP contribution in [0.3, 0.4) is 0 Å². The number of hydrogen-bond donors (Lipinski definition) is 2. The van der Waals surface area contributed by atoms with Crippen LogP contribution in [0.15, 0.2) is 30.6 Å². The molecule has 0 spiro atoms. The second-order valence-corrected chi connectivity index (χ2v) is 6.37. The number of β-lactam (4-membered cyclic amide) rings is 1. The summed E-state index contributed by atoms with van der Waals surface area (Å²) in [6.07, 6.45) is 6.74. The fraction of sp³-hybridized carbons (Fsp3) is 0.357. The van der Waals surface area contributed by atoms with Gasteiger partial charge in [-0.1, -0.05) is 12.2 Å². The number of nitrogens with zero attached hydrogens (tertiary/aromatic N) is 2. The molecule has 1 amide bonds. The lowest BCUT2D eigenvalue weighted by molar-refractivity contribution is -0.153. The zero-order valence-electron chi connectivity index (χ0n) is 11.2. The smallest absolute Gasteiger partial charge is 0.316 e. The number of pyridine rings is 1. The van der Waals surface area contributed by atoms with Gasteiger partial charge in [-0.15, -0.1) is 11.8 Å². The number of thioether (sulfide) groups is 1. The van der Waals surface area contributed by atoms with Crippen LogP contribution < -0.4 is 5.73 Å². The first-order valence-corrected chi connectivity index (χ1v) is 7.59. The van der Waals surface area contributed by atoms with Gasteiger partial charge in [0.2, 0.25) is 5.91 Å². The molecule has 0 saturated carbocycles. The zero-order valence-corrected chi connectivity index (χ0v) is 12.0. The van der Waals surface area contributed by atoms with Crippen LogP contribution in [0.4, 0.5) is 0 Å². The van der Waals surface area contributed by atoms with E-state index in [1.807, 2.05) is 0 Å². The Labute approximate surface area is 126 Å². The van der Waals surface area contributed by atoms with Gasteiger partial charge in [-0.3, -0.25) is 14.6 Å². The van der Waals surface area contributed by atoms with Gasteiger partial charge in [-0.25, -0.2) is 0 Å². The number of carbonyl (C=O) groups is 2. The third-order valence-electron chi connectivity index (χ3n) is 3.87. The first kappa shape index (κ1) is 14.1. The summed E-state index contributed by atoms with van der Waals surface area (Å²) in [6.45, 7) is 0.175. The van der Waals surface area contributed by atoms with Gasteiger partial charge in [0.1, 0.15) is 16.8 Å². The molecule has 6 nitrogen and oxygen atoms in total. The van der Waals surface area contributed by atoms with E-state index in [1.54, 1.807) is 41.6 Å². The van der Waals surface area contributed by atoms with Crippen LogP contribution in [0.25, 0.3) is 6.08 Å². The van der Waals surface area contributed by atoms with E-state index in [2.05, 4.69) is 4.98 Å². The Balaban J connectivity index is 1.83. The second kappa shape index (κ2) is 5.16. The number of carboxylic acid groups (broad SMARTS) is 1. The lowest BCUT2D eigenvalue weighted by Gasteiger charge is -2.52. The summed E-state index contributed by atoms with van der Waals surface area (Å²) < 4.78 is 0. The van der Waals surface area contributed by atoms with Crippen molar-refractivity contribution in [3.05, 3.63) is 36.2 Å². The number of nitrogens with two attached hydrogens (primary N) is 1. The summed E-state index contributed by atoms with van der Waals surface area (Å²) in [4.78, 5) is 28.9. The summed E-state index contributed by atoms with van der Waals surface area (Å²) in [5, 5.41) is 9.52. The molecule has 3 atom stereocenters. The molecule has 1 aromatic rings. The van der Waals surface area contributed by atoms with Crippen molar-refractivity contribution in [1.82, 2.24) is 9.88 Å². The summed E-state index contributed by atoms with van der Waals surface area (Å²) in [5.74, 6) is -0.686. The molecule has 2 fully saturated rings. The van der Waals surface area contributed by atoms with Gasteiger partial charge in [-0.2, -0.15) is 0 Å². The van der Waals surface area contributed by atoms with E-state index in [1.165, 1.54) is 11.8 Å². The predicted octanol–water partition coefficient (Wildman–Crippen LogP) is 0.408. The minimum Gasteiger partial charge on any atom is -0.481 e. The molecule has 3 N–H and O–H groups in total. The minimum absolute atomic E-state index is 0.0840. The summed E-state index contributed by atoms with van der Waals surface area (Å²) >= 11 is 1.43. The average molecular weight is 305 g/mol. The van der Waals surface area contributed by atoms with E-state index in [0.717, 1.165) is 5.56 Å². The molecule has 21 heavy (non-hydrogen) atoms. The maximum Gasteiger partial charge on any atom is 0.316 e. The lowest BCUT2D eigenvalue weighted by atomic mass is 9.86. The van der Waals surface area contributed by atoms with Crippen molar-refractivity contribution in [1.29, 1.82) is 0 Å². The van der Waals surface area contributed by atoms with Crippen LogP contribution in [0.2, 0.25) is 0 Å². The Bertz CT molecular complexity index is 607. The first-order valence-electron chi connectivity index (χ1n) is 6.54. The Morgan fingerprint density at radius 3 is 2.90 bits per heavy atom. The Morgan fingerprint density at radius 2 is 2.24 bits per heavy atom. The molecule has 110 valence electrons. The number of fused-ring (bicyclic) bond motifs is 1. The fourth-order valence-corrected chi connectivity index (χ4v) is 3.99. The van der Waals surface area contributed by atoms with Gasteiger partial charge in [0, 0.05) is 24.7 Å². The Morgan fingerprint density at radius 1 is 1.52 bits per heavy atom. The van der Waals surface area contributed by atoms with Crippen molar-refractivity contribution in [3.63, 3.8) is 0 Å². The van der Waals surface area contributed by atoms with Crippen LogP contribution in [-0.2, 0) is 9.59 Å². The maximum absolute atomic E-state index is 11.7. The molecule has 2 saturated heterocycles. The molecule has 0 radical (unpaired) electrons. The van der Waals surface area contributed by atoms with Gasteiger partial charge in [0.25, 0.3) is 0 Å². The van der Waals surface area contributed by atoms with Crippen LogP contribution in [0, 0.1) is 5.41 Å². The van der Waals surface area contributed by atoms with Crippen molar-refractivity contribution in [3.8, 4) is 0 Å². The van der Waals surface area contributed by atoms with Gasteiger partial charge in [0.05, 0.1) is 0 Å². The SMILES string of the molecule is NC1C(=O)N2CC(C=Cc3ccncc3)(C(=O)O)CS[C@H]12. The number of amides is 1. The standard InChI is InChI=1S/C14H15N3O3S/c15-10-11(18)17-7-14(13(19)20,8-21-12(10)17)4-1-9-2-5-16-6-3-9/h1-6,10,12H,7-8,15H2,(H,19,20)/t10?,12-,14?/m1/s1. The molecule has 0 bridgehead atoms. The van der Waals surface area contributed by atoms with Crippen molar-refractivity contribution >= 4 is 29.7 Å². The molecule has 1 aromatic heterocycles. The average Bonchev–Trinajstić information content (AvgIpc) is 2.52. The number of rotatable bonds is 3. The molecular formula is C14H15N3O3S. The molecule has 2 aliphatic heterocycles. The number of carboxylic acids is 1. The van der Waals surface area contributed by atoms with Gasteiger partial charge < -0.3 is 15.7 Å². The fourth-order valence-electron chi connectivity index (χ4n) is 2.53. The van der Waals surface area contributed by atoms with Crippen LogP contribution in [-0.4, -0.2) is 50.6 Å². The van der Waals surface area contributed by atoms with E-state index in [9.17, 15) is 14.7 Å². The highest BCUT2D eigenvalue weighted by Crippen LogP contribution is 2.42. The maximum atomic E-state index is 11.7. The van der Waals surface area contributed by atoms with Crippen LogP contribution >= 0.6 is 11.8 Å². The first-order chi connectivity index (χ1) is 10.0. The summed E-state index contributed by atoms with van der Waals surface area (Å²) in [7, 11) is 0. The normalized spacial score (nSPS) is 31.9. The molecule has 0 aliphatic carbocycles. The quantitative estimate of drug-likeness (QED) is 0.785. The Hall–Kier alpha value is -1.86. The van der Waals surface area contributed by atoms with Crippen LogP contribution in [0.5, 0.6) is 0 Å². The monoisotopic (exact) mass is 305 g/mol. The molecule has 3 rings (SSSR count). The predicted molar refractivity (Wildman–Crippen MR) is 79.3 cm³/mol. The highest BCUT2D eigenvalue weighted by atomic mass is 32.2. The van der Waals surface area contributed by atoms with E-state index >= 15 is 0 Å². The Kier molecular flexibility index (Phi) is 3.46. The highest BCUT2D eigenvalue weighted by molar-refractivity contribution is 8.00. The van der Waals surface area contributed by atoms with Crippen LogP contribution in [0.1, 0.15) is 5.56 Å². The minimum atomic E-state index is -1.07. The molecule has 2 unspecified atom stereocenters. The van der Waals surface area contributed by atoms with Gasteiger partial charge >= 0.3 is 5.97 Å².